The Kier molecular flexibility index (Phi) is 4.77. The van der Waals surface area contributed by atoms with Crippen molar-refractivity contribution in [2.75, 3.05) is 6.54 Å². The van der Waals surface area contributed by atoms with Gasteiger partial charge in [0, 0.05) is 23.9 Å². The molecule has 0 saturated carbocycles. The maximum atomic E-state index is 11.8. The first-order chi connectivity index (χ1) is 7.79. The summed E-state index contributed by atoms with van der Waals surface area (Å²) >= 11 is 0. The molecule has 0 unspecified atom stereocenters. The lowest BCUT2D eigenvalue weighted by Crippen LogP contribution is -2.61. The number of hydrogen-bond acceptors (Lipinski definition) is 2. The summed E-state index contributed by atoms with van der Waals surface area (Å²) in [5, 5.41) is 0. The fourth-order valence-corrected chi connectivity index (χ4v) is 3.34. The molecule has 0 aromatic rings. The van der Waals surface area contributed by atoms with Crippen LogP contribution in [0.25, 0.3) is 0 Å². The highest BCUT2D eigenvalue weighted by Gasteiger charge is 2.44. The van der Waals surface area contributed by atoms with Gasteiger partial charge in [0.1, 0.15) is 5.78 Å². The number of rotatable bonds is 5. The van der Waals surface area contributed by atoms with E-state index in [2.05, 4.69) is 39.5 Å². The molecule has 1 saturated heterocycles. The summed E-state index contributed by atoms with van der Waals surface area (Å²) in [4.78, 5) is 14.3. The van der Waals surface area contributed by atoms with E-state index in [-0.39, 0.29) is 11.1 Å². The maximum Gasteiger partial charge on any atom is 0.136 e. The Morgan fingerprint density at radius 1 is 1.00 bits per heavy atom. The molecular formula is C15H29NO. The van der Waals surface area contributed by atoms with Crippen molar-refractivity contribution in [1.29, 1.82) is 0 Å². The van der Waals surface area contributed by atoms with Gasteiger partial charge in [0.05, 0.1) is 0 Å². The van der Waals surface area contributed by atoms with Crippen LogP contribution in [0.15, 0.2) is 0 Å². The van der Waals surface area contributed by atoms with Crippen molar-refractivity contribution in [3.8, 4) is 0 Å². The molecule has 1 aliphatic heterocycles. The minimum Gasteiger partial charge on any atom is -0.300 e. The summed E-state index contributed by atoms with van der Waals surface area (Å²) in [5.41, 5.74) is 0.0656. The van der Waals surface area contributed by atoms with E-state index in [1.807, 2.05) is 0 Å². The van der Waals surface area contributed by atoms with Gasteiger partial charge in [-0.2, -0.15) is 0 Å². The van der Waals surface area contributed by atoms with Gasteiger partial charge in [-0.15, -0.1) is 0 Å². The number of hydrogen-bond donors (Lipinski definition) is 0. The molecule has 0 spiro atoms. The molecule has 0 aromatic heterocycles. The number of Topliss-reactive ketones (excluding diaryl/α,β-unsaturated/α-hetero) is 1. The second-order valence-electron chi connectivity index (χ2n) is 6.73. The van der Waals surface area contributed by atoms with E-state index in [9.17, 15) is 4.79 Å². The molecule has 1 rings (SSSR count). The number of likely N-dealkylation sites (tertiary alicyclic amines) is 1. The van der Waals surface area contributed by atoms with Crippen LogP contribution in [0, 0.1) is 0 Å². The fourth-order valence-electron chi connectivity index (χ4n) is 3.34. The van der Waals surface area contributed by atoms with Gasteiger partial charge in [-0.05, 0) is 40.7 Å². The first kappa shape index (κ1) is 14.7. The Morgan fingerprint density at radius 2 is 1.53 bits per heavy atom. The van der Waals surface area contributed by atoms with Gasteiger partial charge in [-0.1, -0.05) is 26.2 Å². The average Bonchev–Trinajstić information content (AvgIpc) is 2.12. The quantitative estimate of drug-likeness (QED) is 0.680. The first-order valence-corrected chi connectivity index (χ1v) is 7.09. The van der Waals surface area contributed by atoms with Crippen LogP contribution < -0.4 is 0 Å². The number of piperidine rings is 1. The van der Waals surface area contributed by atoms with E-state index < -0.39 is 0 Å². The van der Waals surface area contributed by atoms with Crippen molar-refractivity contribution >= 4 is 5.78 Å². The molecule has 0 amide bonds. The number of unbranched alkanes of at least 4 members (excludes halogenated alkanes) is 3. The van der Waals surface area contributed by atoms with Crippen LogP contribution in [0.4, 0.5) is 0 Å². The smallest absolute Gasteiger partial charge is 0.136 e. The summed E-state index contributed by atoms with van der Waals surface area (Å²) in [5.74, 6) is 0.421. The molecule has 1 fully saturated rings. The van der Waals surface area contributed by atoms with Crippen LogP contribution in [0.3, 0.4) is 0 Å². The number of ketones is 1. The summed E-state index contributed by atoms with van der Waals surface area (Å²) in [7, 11) is 0. The minimum atomic E-state index is 0.0328. The zero-order valence-electron chi connectivity index (χ0n) is 12.3. The highest BCUT2D eigenvalue weighted by Crippen LogP contribution is 2.36. The van der Waals surface area contributed by atoms with Crippen LogP contribution in [0.5, 0.6) is 0 Å². The summed E-state index contributed by atoms with van der Waals surface area (Å²) in [6, 6.07) is 0. The topological polar surface area (TPSA) is 20.3 Å². The molecule has 0 bridgehead atoms. The van der Waals surface area contributed by atoms with Gasteiger partial charge in [-0.25, -0.2) is 0 Å². The predicted molar refractivity (Wildman–Crippen MR) is 73.2 cm³/mol. The van der Waals surface area contributed by atoms with Crippen molar-refractivity contribution < 1.29 is 4.79 Å². The Bertz CT molecular complexity index is 248. The van der Waals surface area contributed by atoms with E-state index in [4.69, 9.17) is 0 Å². The van der Waals surface area contributed by atoms with Gasteiger partial charge < -0.3 is 0 Å². The van der Waals surface area contributed by atoms with E-state index in [0.717, 1.165) is 6.54 Å². The lowest BCUT2D eigenvalue weighted by atomic mass is 9.79. The van der Waals surface area contributed by atoms with Gasteiger partial charge in [0.25, 0.3) is 0 Å². The second kappa shape index (κ2) is 5.51. The molecular weight excluding hydrogens is 210 g/mol. The average molecular weight is 239 g/mol. The van der Waals surface area contributed by atoms with Crippen LogP contribution in [0.1, 0.15) is 73.1 Å². The molecule has 2 heteroatoms. The van der Waals surface area contributed by atoms with Gasteiger partial charge in [-0.3, -0.25) is 9.69 Å². The predicted octanol–water partition coefficient (Wildman–Crippen LogP) is 3.79. The minimum absolute atomic E-state index is 0.0328. The van der Waals surface area contributed by atoms with Gasteiger partial charge >= 0.3 is 0 Å². The lowest BCUT2D eigenvalue weighted by Gasteiger charge is -2.52. The lowest BCUT2D eigenvalue weighted by molar-refractivity contribution is -0.133. The molecule has 1 heterocycles. The van der Waals surface area contributed by atoms with E-state index in [1.54, 1.807) is 0 Å². The Hall–Kier alpha value is -0.370. The third-order valence-corrected chi connectivity index (χ3v) is 3.96. The molecule has 17 heavy (non-hydrogen) atoms. The van der Waals surface area contributed by atoms with E-state index in [0.29, 0.717) is 18.6 Å². The first-order valence-electron chi connectivity index (χ1n) is 7.09. The highest BCUT2D eigenvalue weighted by atomic mass is 16.1. The van der Waals surface area contributed by atoms with Crippen LogP contribution in [0.2, 0.25) is 0 Å². The van der Waals surface area contributed by atoms with Gasteiger partial charge in [0.15, 0.2) is 0 Å². The Labute approximate surface area is 107 Å². The Balaban J connectivity index is 2.62. The maximum absolute atomic E-state index is 11.8. The van der Waals surface area contributed by atoms with Crippen molar-refractivity contribution in [1.82, 2.24) is 4.90 Å². The highest BCUT2D eigenvalue weighted by molar-refractivity contribution is 5.81. The molecule has 100 valence electrons. The molecule has 0 aromatic carbocycles. The molecule has 0 atom stereocenters. The van der Waals surface area contributed by atoms with Crippen molar-refractivity contribution in [3.63, 3.8) is 0 Å². The number of carbonyl (C=O) groups is 1. The van der Waals surface area contributed by atoms with Crippen molar-refractivity contribution in [2.24, 2.45) is 0 Å². The third-order valence-electron chi connectivity index (χ3n) is 3.96. The summed E-state index contributed by atoms with van der Waals surface area (Å²) < 4.78 is 0. The van der Waals surface area contributed by atoms with Crippen molar-refractivity contribution in [2.45, 2.75) is 84.2 Å². The monoisotopic (exact) mass is 239 g/mol. The largest absolute Gasteiger partial charge is 0.300 e. The van der Waals surface area contributed by atoms with E-state index in [1.165, 1.54) is 25.7 Å². The van der Waals surface area contributed by atoms with Crippen molar-refractivity contribution in [3.05, 3.63) is 0 Å². The molecule has 2 nitrogen and oxygen atoms in total. The second-order valence-corrected chi connectivity index (χ2v) is 6.73. The summed E-state index contributed by atoms with van der Waals surface area (Å²) in [6.45, 7) is 12.2. The number of nitrogens with zero attached hydrogens (tertiary/aromatic N) is 1. The normalized spacial score (nSPS) is 23.9. The fraction of sp³-hybridized carbons (Fsp3) is 0.933. The molecule has 1 aliphatic rings. The van der Waals surface area contributed by atoms with Crippen LogP contribution in [-0.4, -0.2) is 28.3 Å². The zero-order chi connectivity index (χ0) is 13.1. The number of carbonyl (C=O) groups excluding carboxylic acids is 1. The Morgan fingerprint density at radius 3 is 2.00 bits per heavy atom. The SMILES string of the molecule is CCCCCCN1C(C)(C)CC(=O)CC1(C)C. The van der Waals surface area contributed by atoms with E-state index >= 15 is 0 Å². The molecule has 0 aliphatic carbocycles. The van der Waals surface area contributed by atoms with Crippen LogP contribution in [-0.2, 0) is 4.79 Å². The van der Waals surface area contributed by atoms with Crippen LogP contribution >= 0.6 is 0 Å². The zero-order valence-corrected chi connectivity index (χ0v) is 12.3. The third kappa shape index (κ3) is 3.80. The molecule has 0 radical (unpaired) electrons. The molecule has 0 N–H and O–H groups in total. The summed E-state index contributed by atoms with van der Waals surface area (Å²) in [6.07, 6.45) is 6.61. The standard InChI is InChI=1S/C15H29NO/c1-6-7-8-9-10-16-14(2,3)11-13(17)12-15(16,4)5/h6-12H2,1-5H3. The van der Waals surface area contributed by atoms with Gasteiger partial charge in [0.2, 0.25) is 0 Å².